The van der Waals surface area contributed by atoms with Gasteiger partial charge in [-0.05, 0) is 43.2 Å². The highest BCUT2D eigenvalue weighted by atomic mass is 32.1. The third kappa shape index (κ3) is 4.57. The average Bonchev–Trinajstić information content (AvgIpc) is 3.44. The maximum Gasteiger partial charge on any atom is 0.236 e. The number of pyridine rings is 1. The summed E-state index contributed by atoms with van der Waals surface area (Å²) in [6.07, 6.45) is 8.46. The molecule has 3 aromatic heterocycles. The number of hydrogen-bond donors (Lipinski definition) is 3. The van der Waals surface area contributed by atoms with Crippen LogP contribution in [0.4, 0.5) is 15.2 Å². The van der Waals surface area contributed by atoms with Gasteiger partial charge in [-0.3, -0.25) is 9.78 Å². The number of aliphatic hydroxyl groups excluding tert-OH is 1. The quantitative estimate of drug-likeness (QED) is 0.260. The van der Waals surface area contributed by atoms with Crippen LogP contribution >= 0.6 is 11.3 Å². The number of anilines is 2. The summed E-state index contributed by atoms with van der Waals surface area (Å²) in [6.45, 7) is 1.33. The standard InChI is InChI=1S/C25H21FN6O3S/c1-3-11-35-25(34)29-16-6-9-20(18(26)12-16)32-22-17(21(31-32)15-5-4-10-27-13-15)7-8-19-23(22)36-24(30-19)28-14(2)33/h1,4-6,9-10,12-13,25,29,34H,7-8,11H2,2H3,(H,28,30,33). The first kappa shape index (κ1) is 23.6. The van der Waals surface area contributed by atoms with Gasteiger partial charge in [0.15, 0.2) is 10.9 Å². The van der Waals surface area contributed by atoms with Crippen LogP contribution in [0.5, 0.6) is 0 Å². The Kier molecular flexibility index (Phi) is 6.47. The number of carbonyl (C=O) groups is 1. The first-order chi connectivity index (χ1) is 17.4. The number of thiazole rings is 1. The Morgan fingerprint density at radius 3 is 2.97 bits per heavy atom. The molecule has 0 spiro atoms. The molecule has 1 amide bonds. The van der Waals surface area contributed by atoms with Crippen LogP contribution in [0.1, 0.15) is 18.2 Å². The lowest BCUT2D eigenvalue weighted by atomic mass is 9.95. The molecule has 3 N–H and O–H groups in total. The van der Waals surface area contributed by atoms with Crippen LogP contribution in [0, 0.1) is 18.2 Å². The molecule has 3 heterocycles. The molecule has 0 radical (unpaired) electrons. The normalized spacial score (nSPS) is 12.8. The SMILES string of the molecule is C#CCOC(O)Nc1ccc(-n2nc(-c3cccnc3)c3c2-c2sc(NC(C)=O)nc2CC3)c(F)c1. The Hall–Kier alpha value is -4.11. The third-order valence-electron chi connectivity index (χ3n) is 5.52. The number of rotatable bonds is 7. The molecule has 36 heavy (non-hydrogen) atoms. The Morgan fingerprint density at radius 2 is 2.25 bits per heavy atom. The smallest absolute Gasteiger partial charge is 0.236 e. The molecule has 182 valence electrons. The van der Waals surface area contributed by atoms with Gasteiger partial charge in [-0.15, -0.1) is 6.42 Å². The molecule has 1 unspecified atom stereocenters. The van der Waals surface area contributed by atoms with Gasteiger partial charge in [0.1, 0.15) is 12.3 Å². The molecule has 1 aromatic carbocycles. The monoisotopic (exact) mass is 504 g/mol. The molecule has 5 rings (SSSR count). The number of hydrogen-bond acceptors (Lipinski definition) is 8. The highest BCUT2D eigenvalue weighted by Crippen LogP contribution is 2.44. The van der Waals surface area contributed by atoms with Crippen LogP contribution < -0.4 is 10.6 Å². The molecule has 0 saturated heterocycles. The van der Waals surface area contributed by atoms with E-state index in [1.165, 1.54) is 24.3 Å². The number of aryl methyl sites for hydroxylation is 1. The summed E-state index contributed by atoms with van der Waals surface area (Å²) in [5.74, 6) is 1.47. The summed E-state index contributed by atoms with van der Waals surface area (Å²) in [5, 5.41) is 20.5. The maximum absolute atomic E-state index is 15.4. The number of benzene rings is 1. The predicted octanol–water partition coefficient (Wildman–Crippen LogP) is 3.59. The molecule has 1 aliphatic carbocycles. The molecule has 1 aliphatic rings. The van der Waals surface area contributed by atoms with Gasteiger partial charge in [0.05, 0.1) is 22.0 Å². The first-order valence-electron chi connectivity index (χ1n) is 11.0. The number of aliphatic hydroxyl groups is 1. The zero-order chi connectivity index (χ0) is 25.2. The zero-order valence-electron chi connectivity index (χ0n) is 19.2. The van der Waals surface area contributed by atoms with Crippen molar-refractivity contribution in [3.05, 3.63) is 59.8 Å². The third-order valence-corrected chi connectivity index (χ3v) is 6.54. The lowest BCUT2D eigenvalue weighted by molar-refractivity contribution is -0.114. The van der Waals surface area contributed by atoms with Crippen molar-refractivity contribution >= 4 is 28.1 Å². The van der Waals surface area contributed by atoms with E-state index in [0.29, 0.717) is 29.4 Å². The Morgan fingerprint density at radius 1 is 1.39 bits per heavy atom. The second-order valence-electron chi connectivity index (χ2n) is 7.98. The largest absolute Gasteiger partial charge is 0.351 e. The molecule has 9 nitrogen and oxygen atoms in total. The molecule has 0 bridgehead atoms. The number of carbonyl (C=O) groups excluding carboxylic acids is 1. The highest BCUT2D eigenvalue weighted by Gasteiger charge is 2.30. The van der Waals surface area contributed by atoms with Gasteiger partial charge in [0.25, 0.3) is 0 Å². The van der Waals surface area contributed by atoms with E-state index < -0.39 is 12.2 Å². The predicted molar refractivity (Wildman–Crippen MR) is 134 cm³/mol. The van der Waals surface area contributed by atoms with Crippen molar-refractivity contribution in [2.75, 3.05) is 17.2 Å². The van der Waals surface area contributed by atoms with Crippen molar-refractivity contribution < 1.29 is 19.0 Å². The maximum atomic E-state index is 15.4. The van der Waals surface area contributed by atoms with Crippen molar-refractivity contribution in [3.8, 4) is 39.9 Å². The van der Waals surface area contributed by atoms with Gasteiger partial charge in [-0.25, -0.2) is 14.1 Å². The van der Waals surface area contributed by atoms with Crippen LogP contribution in [0.2, 0.25) is 0 Å². The second-order valence-corrected chi connectivity index (χ2v) is 8.98. The Balaban J connectivity index is 1.61. The topological polar surface area (TPSA) is 114 Å². The molecule has 4 aromatic rings. The van der Waals surface area contributed by atoms with Gasteiger partial charge in [-0.2, -0.15) is 5.10 Å². The molecule has 0 fully saturated rings. The van der Waals surface area contributed by atoms with E-state index >= 15 is 4.39 Å². The van der Waals surface area contributed by atoms with Gasteiger partial charge in [0.2, 0.25) is 12.3 Å². The van der Waals surface area contributed by atoms with Crippen LogP contribution in [-0.2, 0) is 22.4 Å². The number of nitrogens with zero attached hydrogens (tertiary/aromatic N) is 4. The van der Waals surface area contributed by atoms with Crippen LogP contribution in [0.15, 0.2) is 42.7 Å². The molecular weight excluding hydrogens is 483 g/mol. The van der Waals surface area contributed by atoms with Gasteiger partial charge >= 0.3 is 0 Å². The van der Waals surface area contributed by atoms with Crippen LogP contribution in [0.3, 0.4) is 0 Å². The number of fused-ring (bicyclic) bond motifs is 3. The minimum Gasteiger partial charge on any atom is -0.351 e. The summed E-state index contributed by atoms with van der Waals surface area (Å²) >= 11 is 1.33. The lowest BCUT2D eigenvalue weighted by Crippen LogP contribution is -2.22. The lowest BCUT2D eigenvalue weighted by Gasteiger charge is -2.16. The van der Waals surface area contributed by atoms with Crippen molar-refractivity contribution in [1.82, 2.24) is 19.7 Å². The summed E-state index contributed by atoms with van der Waals surface area (Å²) in [6, 6.07) is 8.15. The molecule has 11 heteroatoms. The molecule has 1 atom stereocenters. The van der Waals surface area contributed by atoms with E-state index in [0.717, 1.165) is 27.4 Å². The minimum atomic E-state index is -1.38. The molecular formula is C25H21FN6O3S. The van der Waals surface area contributed by atoms with E-state index in [4.69, 9.17) is 16.3 Å². The van der Waals surface area contributed by atoms with Crippen molar-refractivity contribution in [3.63, 3.8) is 0 Å². The Bertz CT molecular complexity index is 1480. The second kappa shape index (κ2) is 9.87. The first-order valence-corrected chi connectivity index (χ1v) is 11.9. The zero-order valence-corrected chi connectivity index (χ0v) is 20.0. The Labute approximate surface area is 210 Å². The number of terminal acetylenes is 1. The van der Waals surface area contributed by atoms with Gasteiger partial charge in [-0.1, -0.05) is 17.3 Å². The number of nitrogens with one attached hydrogen (secondary N) is 2. The van der Waals surface area contributed by atoms with Gasteiger partial charge < -0.3 is 20.5 Å². The number of amides is 1. The summed E-state index contributed by atoms with van der Waals surface area (Å²) in [7, 11) is 0. The van der Waals surface area contributed by atoms with Crippen molar-refractivity contribution in [2.45, 2.75) is 26.2 Å². The number of aromatic nitrogens is 4. The highest BCUT2D eigenvalue weighted by molar-refractivity contribution is 7.19. The van der Waals surface area contributed by atoms with Crippen LogP contribution in [-0.4, -0.2) is 43.8 Å². The van der Waals surface area contributed by atoms with E-state index in [1.54, 1.807) is 29.2 Å². The minimum absolute atomic E-state index is 0.0943. The van der Waals surface area contributed by atoms with E-state index in [-0.39, 0.29) is 18.2 Å². The summed E-state index contributed by atoms with van der Waals surface area (Å²) < 4.78 is 22.0. The molecule has 0 saturated carbocycles. The molecule has 0 aliphatic heterocycles. The van der Waals surface area contributed by atoms with E-state index in [2.05, 4.69) is 26.5 Å². The fraction of sp³-hybridized carbons (Fsp3) is 0.200. The summed E-state index contributed by atoms with van der Waals surface area (Å²) in [5.41, 5.74) is 4.54. The van der Waals surface area contributed by atoms with E-state index in [1.807, 2.05) is 12.1 Å². The van der Waals surface area contributed by atoms with E-state index in [9.17, 15) is 9.90 Å². The van der Waals surface area contributed by atoms with Gasteiger partial charge in [0, 0.05) is 36.1 Å². The fourth-order valence-electron chi connectivity index (χ4n) is 4.06. The van der Waals surface area contributed by atoms with Crippen molar-refractivity contribution in [1.29, 1.82) is 0 Å². The summed E-state index contributed by atoms with van der Waals surface area (Å²) in [4.78, 5) is 21.2. The van der Waals surface area contributed by atoms with Crippen LogP contribution in [0.25, 0.3) is 27.5 Å². The van der Waals surface area contributed by atoms with Crippen molar-refractivity contribution in [2.24, 2.45) is 0 Å². The number of ether oxygens (including phenoxy) is 1. The number of halogens is 1. The average molecular weight is 505 g/mol. The fourth-order valence-corrected chi connectivity index (χ4v) is 5.18.